The summed E-state index contributed by atoms with van der Waals surface area (Å²) in [5, 5.41) is 13.9. The molecule has 0 spiro atoms. The van der Waals surface area contributed by atoms with E-state index in [4.69, 9.17) is 0 Å². The molecule has 0 bridgehead atoms. The molecular formula is C19H28N6O4. The first-order valence-electron chi connectivity index (χ1n) is 9.35. The number of nitrogens with zero attached hydrogens (tertiary/aromatic N) is 5. The molecule has 0 radical (unpaired) electrons. The Kier molecular flexibility index (Phi) is 7.54. The van der Waals surface area contributed by atoms with Crippen LogP contribution >= 0.6 is 0 Å². The van der Waals surface area contributed by atoms with Crippen molar-refractivity contribution >= 4 is 17.2 Å². The zero-order valence-electron chi connectivity index (χ0n) is 17.3. The van der Waals surface area contributed by atoms with Gasteiger partial charge in [0.15, 0.2) is 0 Å². The standard InChI is InChI=1S/C19H28N6O4/c1-21(13-10-20-15-6-8-16(9-7-15)25(28)29)11-5-12-22(2)17-14-18(26)24(4)19(27)23(17)3/h6-9,14,20H,5,10-13H2,1-4H3. The van der Waals surface area contributed by atoms with Crippen LogP contribution in [0.3, 0.4) is 0 Å². The number of nitro benzene ring substituents is 1. The van der Waals surface area contributed by atoms with Gasteiger partial charge in [-0.25, -0.2) is 4.79 Å². The van der Waals surface area contributed by atoms with Gasteiger partial charge < -0.3 is 15.1 Å². The van der Waals surface area contributed by atoms with Gasteiger partial charge in [-0.1, -0.05) is 0 Å². The molecule has 0 aliphatic carbocycles. The average molecular weight is 404 g/mol. The van der Waals surface area contributed by atoms with E-state index < -0.39 is 4.92 Å². The highest BCUT2D eigenvalue weighted by Crippen LogP contribution is 2.15. The Morgan fingerprint density at radius 2 is 1.69 bits per heavy atom. The molecule has 1 N–H and O–H groups in total. The molecule has 1 aromatic carbocycles. The largest absolute Gasteiger partial charge is 0.384 e. The third kappa shape index (κ3) is 5.92. The van der Waals surface area contributed by atoms with Crippen molar-refractivity contribution in [3.05, 3.63) is 61.3 Å². The molecule has 10 nitrogen and oxygen atoms in total. The highest BCUT2D eigenvalue weighted by atomic mass is 16.6. The van der Waals surface area contributed by atoms with Crippen molar-refractivity contribution in [2.75, 3.05) is 50.5 Å². The second-order valence-corrected chi connectivity index (χ2v) is 7.05. The maximum atomic E-state index is 12.0. The summed E-state index contributed by atoms with van der Waals surface area (Å²) in [5.74, 6) is 0.598. The number of anilines is 2. The Hall–Kier alpha value is -3.14. The van der Waals surface area contributed by atoms with Gasteiger partial charge in [0.05, 0.1) is 4.92 Å². The van der Waals surface area contributed by atoms with E-state index >= 15 is 0 Å². The predicted octanol–water partition coefficient (Wildman–Crippen LogP) is 0.862. The Morgan fingerprint density at radius 3 is 2.31 bits per heavy atom. The number of rotatable bonds is 10. The van der Waals surface area contributed by atoms with Crippen molar-refractivity contribution in [1.82, 2.24) is 14.0 Å². The second kappa shape index (κ2) is 9.87. The Bertz CT molecular complexity index is 951. The molecule has 158 valence electrons. The minimum Gasteiger partial charge on any atom is -0.384 e. The number of hydrogen-bond donors (Lipinski definition) is 1. The normalized spacial score (nSPS) is 10.9. The molecule has 0 unspecified atom stereocenters. The Balaban J connectivity index is 1.75. The lowest BCUT2D eigenvalue weighted by Crippen LogP contribution is -2.40. The summed E-state index contributed by atoms with van der Waals surface area (Å²) in [6, 6.07) is 7.82. The van der Waals surface area contributed by atoms with Gasteiger partial charge >= 0.3 is 5.69 Å². The van der Waals surface area contributed by atoms with E-state index in [2.05, 4.69) is 10.2 Å². The van der Waals surface area contributed by atoms with Crippen molar-refractivity contribution in [3.63, 3.8) is 0 Å². The fraction of sp³-hybridized carbons (Fsp3) is 0.474. The highest BCUT2D eigenvalue weighted by molar-refractivity contribution is 5.48. The maximum absolute atomic E-state index is 12.0. The third-order valence-corrected chi connectivity index (χ3v) is 4.83. The smallest absolute Gasteiger partial charge is 0.332 e. The lowest BCUT2D eigenvalue weighted by Gasteiger charge is -2.23. The van der Waals surface area contributed by atoms with Crippen molar-refractivity contribution < 1.29 is 4.92 Å². The van der Waals surface area contributed by atoms with Crippen LogP contribution in [-0.4, -0.2) is 59.2 Å². The zero-order valence-corrected chi connectivity index (χ0v) is 17.3. The number of benzene rings is 1. The molecule has 0 aliphatic heterocycles. The monoisotopic (exact) mass is 404 g/mol. The number of nitro groups is 1. The van der Waals surface area contributed by atoms with Gasteiger partial charge in [0, 0.05) is 64.7 Å². The van der Waals surface area contributed by atoms with Gasteiger partial charge in [-0.15, -0.1) is 0 Å². The second-order valence-electron chi connectivity index (χ2n) is 7.05. The first kappa shape index (κ1) is 22.2. The molecule has 0 amide bonds. The van der Waals surface area contributed by atoms with Crippen molar-refractivity contribution in [3.8, 4) is 0 Å². The van der Waals surface area contributed by atoms with Crippen LogP contribution in [0.15, 0.2) is 39.9 Å². The minimum absolute atomic E-state index is 0.0746. The Labute approximate surface area is 169 Å². The van der Waals surface area contributed by atoms with Crippen LogP contribution in [0.5, 0.6) is 0 Å². The van der Waals surface area contributed by atoms with Crippen LogP contribution in [0.25, 0.3) is 0 Å². The summed E-state index contributed by atoms with van der Waals surface area (Å²) in [4.78, 5) is 38.2. The fourth-order valence-corrected chi connectivity index (χ4v) is 2.98. The van der Waals surface area contributed by atoms with Crippen LogP contribution in [0.4, 0.5) is 17.2 Å². The average Bonchev–Trinajstić information content (AvgIpc) is 2.69. The molecule has 0 atom stereocenters. The van der Waals surface area contributed by atoms with E-state index in [9.17, 15) is 19.7 Å². The van der Waals surface area contributed by atoms with E-state index in [0.29, 0.717) is 18.9 Å². The molecule has 0 saturated carbocycles. The van der Waals surface area contributed by atoms with E-state index in [-0.39, 0.29) is 16.9 Å². The quantitative estimate of drug-likeness (QED) is 0.462. The molecule has 29 heavy (non-hydrogen) atoms. The summed E-state index contributed by atoms with van der Waals surface area (Å²) >= 11 is 0. The van der Waals surface area contributed by atoms with Gasteiger partial charge in [0.25, 0.3) is 11.2 Å². The summed E-state index contributed by atoms with van der Waals surface area (Å²) in [5.41, 5.74) is 0.263. The molecule has 0 fully saturated rings. The van der Waals surface area contributed by atoms with E-state index in [1.165, 1.54) is 29.8 Å². The van der Waals surface area contributed by atoms with Crippen molar-refractivity contribution in [1.29, 1.82) is 0 Å². The van der Waals surface area contributed by atoms with Crippen LogP contribution in [0.1, 0.15) is 6.42 Å². The number of likely N-dealkylation sites (N-methyl/N-ethyl adjacent to an activating group) is 1. The van der Waals surface area contributed by atoms with Crippen LogP contribution in [-0.2, 0) is 14.1 Å². The predicted molar refractivity (Wildman–Crippen MR) is 114 cm³/mol. The van der Waals surface area contributed by atoms with E-state index in [1.54, 1.807) is 19.2 Å². The summed E-state index contributed by atoms with van der Waals surface area (Å²) in [6.45, 7) is 3.09. The molecule has 1 aromatic heterocycles. The van der Waals surface area contributed by atoms with Crippen LogP contribution in [0.2, 0.25) is 0 Å². The number of non-ortho nitro benzene ring substituents is 1. The molecule has 0 saturated heterocycles. The summed E-state index contributed by atoms with van der Waals surface area (Å²) < 4.78 is 2.56. The van der Waals surface area contributed by atoms with Gasteiger partial charge in [-0.05, 0) is 32.1 Å². The van der Waals surface area contributed by atoms with Gasteiger partial charge in [0.2, 0.25) is 0 Å². The van der Waals surface area contributed by atoms with Crippen molar-refractivity contribution in [2.24, 2.45) is 14.1 Å². The maximum Gasteiger partial charge on any atom is 0.332 e. The van der Waals surface area contributed by atoms with Gasteiger partial charge in [0.1, 0.15) is 5.82 Å². The third-order valence-electron chi connectivity index (χ3n) is 4.83. The lowest BCUT2D eigenvalue weighted by atomic mass is 10.3. The molecular weight excluding hydrogens is 376 g/mol. The summed E-state index contributed by atoms with van der Waals surface area (Å²) in [7, 11) is 7.01. The Morgan fingerprint density at radius 1 is 1.03 bits per heavy atom. The fourth-order valence-electron chi connectivity index (χ4n) is 2.98. The number of nitrogens with one attached hydrogen (secondary N) is 1. The molecule has 0 aliphatic rings. The molecule has 2 rings (SSSR count). The van der Waals surface area contributed by atoms with Crippen molar-refractivity contribution in [2.45, 2.75) is 6.42 Å². The highest BCUT2D eigenvalue weighted by Gasteiger charge is 2.10. The first-order chi connectivity index (χ1) is 13.7. The van der Waals surface area contributed by atoms with Crippen LogP contribution in [0, 0.1) is 10.1 Å². The minimum atomic E-state index is -0.417. The number of aromatic nitrogens is 2. The topological polar surface area (TPSA) is 106 Å². The molecule has 1 heterocycles. The van der Waals surface area contributed by atoms with E-state index in [0.717, 1.165) is 29.8 Å². The van der Waals surface area contributed by atoms with Crippen LogP contribution < -0.4 is 21.5 Å². The lowest BCUT2D eigenvalue weighted by molar-refractivity contribution is -0.384. The first-order valence-corrected chi connectivity index (χ1v) is 9.35. The number of hydrogen-bond acceptors (Lipinski definition) is 7. The van der Waals surface area contributed by atoms with Gasteiger partial charge in [-0.3, -0.25) is 24.0 Å². The van der Waals surface area contributed by atoms with E-state index in [1.807, 2.05) is 19.0 Å². The molecule has 10 heteroatoms. The SMILES string of the molecule is CN(CCCN(C)c1cc(=O)n(C)c(=O)n1C)CCNc1ccc([N+](=O)[O-])cc1. The van der Waals surface area contributed by atoms with Gasteiger partial charge in [-0.2, -0.15) is 0 Å². The summed E-state index contributed by atoms with van der Waals surface area (Å²) in [6.07, 6.45) is 0.869. The molecule has 2 aromatic rings. The zero-order chi connectivity index (χ0) is 21.6.